The first kappa shape index (κ1) is 11.0. The van der Waals surface area contributed by atoms with Crippen LogP contribution in [0.25, 0.3) is 0 Å². The van der Waals surface area contributed by atoms with Gasteiger partial charge in [0.05, 0.1) is 10.7 Å². The second-order valence-electron chi connectivity index (χ2n) is 2.38. The van der Waals surface area contributed by atoms with Crippen molar-refractivity contribution in [3.05, 3.63) is 27.7 Å². The van der Waals surface area contributed by atoms with Gasteiger partial charge in [0.1, 0.15) is 0 Å². The second kappa shape index (κ2) is 4.43. The maximum Gasteiger partial charge on any atom is 0.394 e. The molecule has 0 atom stereocenters. The van der Waals surface area contributed by atoms with Crippen molar-refractivity contribution in [1.29, 1.82) is 0 Å². The molecular weight excluding hydrogens is 273 g/mol. The molecule has 0 aliphatic heterocycles. The highest BCUT2D eigenvalue weighted by Crippen LogP contribution is 2.25. The fraction of sp³-hybridized carbons (Fsp3) is 0. The van der Waals surface area contributed by atoms with Crippen LogP contribution in [0, 0.1) is 0 Å². The van der Waals surface area contributed by atoms with Gasteiger partial charge in [-0.15, -0.1) is 0 Å². The number of benzene rings is 1. The molecule has 6 heteroatoms. The van der Waals surface area contributed by atoms with Gasteiger partial charge in [-0.1, -0.05) is 27.5 Å². The van der Waals surface area contributed by atoms with Crippen molar-refractivity contribution >= 4 is 45.1 Å². The Morgan fingerprint density at radius 3 is 2.57 bits per heavy atom. The van der Waals surface area contributed by atoms with Crippen molar-refractivity contribution in [2.24, 2.45) is 0 Å². The zero-order valence-corrected chi connectivity index (χ0v) is 9.09. The Labute approximate surface area is 93.0 Å². The monoisotopic (exact) mass is 277 g/mol. The van der Waals surface area contributed by atoms with Crippen molar-refractivity contribution in [2.45, 2.75) is 0 Å². The molecule has 1 rings (SSSR count). The number of halogens is 2. The second-order valence-corrected chi connectivity index (χ2v) is 3.71. The van der Waals surface area contributed by atoms with Gasteiger partial charge in [-0.3, -0.25) is 4.79 Å². The Bertz CT molecular complexity index is 394. The predicted molar refractivity (Wildman–Crippen MR) is 55.4 cm³/mol. The third-order valence-electron chi connectivity index (χ3n) is 1.37. The molecule has 0 bridgehead atoms. The molecule has 0 unspecified atom stereocenters. The molecule has 0 radical (unpaired) electrons. The lowest BCUT2D eigenvalue weighted by atomic mass is 10.3. The summed E-state index contributed by atoms with van der Waals surface area (Å²) < 4.78 is 0.746. The van der Waals surface area contributed by atoms with Crippen LogP contribution in [0.5, 0.6) is 0 Å². The maximum absolute atomic E-state index is 10.8. The normalized spacial score (nSPS) is 9.57. The number of carbonyl (C=O) groups excluding carboxylic acids is 1. The molecule has 1 aromatic carbocycles. The molecule has 14 heavy (non-hydrogen) atoms. The Morgan fingerprint density at radius 2 is 2.07 bits per heavy atom. The summed E-state index contributed by atoms with van der Waals surface area (Å²) in [5.41, 5.74) is 0.266. The van der Waals surface area contributed by atoms with E-state index in [1.807, 2.05) is 0 Å². The quantitative estimate of drug-likeness (QED) is 0.773. The van der Waals surface area contributed by atoms with E-state index >= 15 is 0 Å². The van der Waals surface area contributed by atoms with Crippen LogP contribution in [0.1, 0.15) is 0 Å². The average molecular weight is 278 g/mol. The molecule has 2 N–H and O–H groups in total. The number of rotatable bonds is 1. The van der Waals surface area contributed by atoms with Gasteiger partial charge in [-0.25, -0.2) is 4.79 Å². The van der Waals surface area contributed by atoms with E-state index in [2.05, 4.69) is 21.2 Å². The summed E-state index contributed by atoms with van der Waals surface area (Å²) in [6, 6.07) is 4.70. The number of carbonyl (C=O) groups is 2. The minimum absolute atomic E-state index is 0.266. The molecule has 0 heterocycles. The summed E-state index contributed by atoms with van der Waals surface area (Å²) in [5.74, 6) is -2.67. The highest BCUT2D eigenvalue weighted by atomic mass is 79.9. The fourth-order valence-electron chi connectivity index (χ4n) is 0.767. The predicted octanol–water partition coefficient (Wildman–Crippen LogP) is 2.13. The van der Waals surface area contributed by atoms with Crippen molar-refractivity contribution in [2.75, 3.05) is 5.32 Å². The van der Waals surface area contributed by atoms with E-state index in [1.165, 1.54) is 6.07 Å². The molecule has 1 aromatic rings. The Hall–Kier alpha value is -1.07. The van der Waals surface area contributed by atoms with Gasteiger partial charge in [0.25, 0.3) is 0 Å². The molecule has 4 nitrogen and oxygen atoms in total. The molecule has 0 fully saturated rings. The zero-order chi connectivity index (χ0) is 10.7. The largest absolute Gasteiger partial charge is 0.474 e. The summed E-state index contributed by atoms with van der Waals surface area (Å²) in [7, 11) is 0. The number of amides is 1. The standard InChI is InChI=1S/C8H5BrClNO3/c9-4-1-2-6(5(10)3-4)11-7(12)8(13)14/h1-3H,(H,11,12)(H,13,14). The van der Waals surface area contributed by atoms with E-state index < -0.39 is 11.9 Å². The number of aliphatic carboxylic acids is 1. The van der Waals surface area contributed by atoms with Gasteiger partial charge in [-0.2, -0.15) is 0 Å². The molecule has 0 saturated heterocycles. The van der Waals surface area contributed by atoms with Gasteiger partial charge in [0.2, 0.25) is 0 Å². The summed E-state index contributed by atoms with van der Waals surface area (Å²) >= 11 is 8.92. The highest BCUT2D eigenvalue weighted by molar-refractivity contribution is 9.10. The van der Waals surface area contributed by atoms with Gasteiger partial charge in [-0.05, 0) is 18.2 Å². The summed E-state index contributed by atoms with van der Waals surface area (Å²) in [6.45, 7) is 0. The molecule has 0 saturated carbocycles. The molecular formula is C8H5BrClNO3. The molecule has 1 amide bonds. The summed E-state index contributed by atoms with van der Waals surface area (Å²) in [6.07, 6.45) is 0. The number of anilines is 1. The van der Waals surface area contributed by atoms with E-state index in [1.54, 1.807) is 12.1 Å². The van der Waals surface area contributed by atoms with Crippen LogP contribution in [0.3, 0.4) is 0 Å². The first-order valence-corrected chi connectivity index (χ1v) is 4.67. The third kappa shape index (κ3) is 2.71. The fourth-order valence-corrected chi connectivity index (χ4v) is 1.49. The highest BCUT2D eigenvalue weighted by Gasteiger charge is 2.12. The van der Waals surface area contributed by atoms with Crippen LogP contribution < -0.4 is 5.32 Å². The lowest BCUT2D eigenvalue weighted by molar-refractivity contribution is -0.147. The van der Waals surface area contributed by atoms with Crippen LogP contribution in [0.4, 0.5) is 5.69 Å². The van der Waals surface area contributed by atoms with Gasteiger partial charge in [0.15, 0.2) is 0 Å². The Kier molecular flexibility index (Phi) is 3.49. The number of hydrogen-bond donors (Lipinski definition) is 2. The van der Waals surface area contributed by atoms with E-state index in [-0.39, 0.29) is 10.7 Å². The minimum Gasteiger partial charge on any atom is -0.474 e. The van der Waals surface area contributed by atoms with Gasteiger partial charge < -0.3 is 10.4 Å². The third-order valence-corrected chi connectivity index (χ3v) is 2.18. The number of carboxylic acids is 1. The Morgan fingerprint density at radius 1 is 1.43 bits per heavy atom. The number of carboxylic acid groups (broad SMARTS) is 1. The minimum atomic E-state index is -1.55. The van der Waals surface area contributed by atoms with Crippen molar-refractivity contribution in [1.82, 2.24) is 0 Å². The molecule has 0 aliphatic carbocycles. The lowest BCUT2D eigenvalue weighted by Gasteiger charge is -2.04. The zero-order valence-electron chi connectivity index (χ0n) is 6.75. The van der Waals surface area contributed by atoms with Gasteiger partial charge >= 0.3 is 11.9 Å². The van der Waals surface area contributed by atoms with E-state index in [0.717, 1.165) is 4.47 Å². The van der Waals surface area contributed by atoms with Crippen molar-refractivity contribution in [3.63, 3.8) is 0 Å². The maximum atomic E-state index is 10.8. The van der Waals surface area contributed by atoms with E-state index in [0.29, 0.717) is 0 Å². The summed E-state index contributed by atoms with van der Waals surface area (Å²) in [5, 5.41) is 10.7. The summed E-state index contributed by atoms with van der Waals surface area (Å²) in [4.78, 5) is 21.0. The van der Waals surface area contributed by atoms with Crippen molar-refractivity contribution < 1.29 is 14.7 Å². The first-order valence-electron chi connectivity index (χ1n) is 3.50. The molecule has 0 aromatic heterocycles. The number of nitrogens with one attached hydrogen (secondary N) is 1. The Balaban J connectivity index is 2.87. The average Bonchev–Trinajstić information content (AvgIpc) is 2.09. The SMILES string of the molecule is O=C(O)C(=O)Nc1ccc(Br)cc1Cl. The van der Waals surface area contributed by atoms with Crippen LogP contribution >= 0.6 is 27.5 Å². The topological polar surface area (TPSA) is 66.4 Å². The van der Waals surface area contributed by atoms with Crippen LogP contribution in [-0.2, 0) is 9.59 Å². The van der Waals surface area contributed by atoms with Crippen LogP contribution in [0.2, 0.25) is 5.02 Å². The van der Waals surface area contributed by atoms with Crippen LogP contribution in [-0.4, -0.2) is 17.0 Å². The van der Waals surface area contributed by atoms with E-state index in [9.17, 15) is 9.59 Å². The van der Waals surface area contributed by atoms with E-state index in [4.69, 9.17) is 16.7 Å². The molecule has 0 spiro atoms. The smallest absolute Gasteiger partial charge is 0.394 e. The molecule has 0 aliphatic rings. The molecule has 74 valence electrons. The van der Waals surface area contributed by atoms with Crippen molar-refractivity contribution in [3.8, 4) is 0 Å². The lowest BCUT2D eigenvalue weighted by Crippen LogP contribution is -2.21. The first-order chi connectivity index (χ1) is 6.50. The van der Waals surface area contributed by atoms with Gasteiger partial charge in [0, 0.05) is 4.47 Å². The van der Waals surface area contributed by atoms with Crippen LogP contribution in [0.15, 0.2) is 22.7 Å². The number of hydrogen-bond acceptors (Lipinski definition) is 2.